The van der Waals surface area contributed by atoms with Crippen LogP contribution in [0.4, 0.5) is 5.69 Å². The Bertz CT molecular complexity index is 437. The van der Waals surface area contributed by atoms with Crippen molar-refractivity contribution in [1.82, 2.24) is 14.9 Å². The Kier molecular flexibility index (Phi) is 4.27. The van der Waals surface area contributed by atoms with E-state index in [-0.39, 0.29) is 16.9 Å². The molecule has 1 aromatic rings. The molecule has 0 bridgehead atoms. The van der Waals surface area contributed by atoms with E-state index in [1.807, 2.05) is 0 Å². The number of aromatic nitrogens is 2. The summed E-state index contributed by atoms with van der Waals surface area (Å²) in [6.07, 6.45) is 3.44. The number of nitrogens with zero attached hydrogens (tertiary/aromatic N) is 4. The summed E-state index contributed by atoms with van der Waals surface area (Å²) in [4.78, 5) is 19.7. The van der Waals surface area contributed by atoms with Crippen LogP contribution in [0.15, 0.2) is 6.20 Å². The Hall–Kier alpha value is -1.47. The summed E-state index contributed by atoms with van der Waals surface area (Å²) in [6.45, 7) is 3.19. The first-order chi connectivity index (χ1) is 8.66. The average Bonchev–Trinajstić information content (AvgIpc) is 2.82. The van der Waals surface area contributed by atoms with Gasteiger partial charge in [0.2, 0.25) is 5.28 Å². The number of ether oxygens (including phenoxy) is 1. The van der Waals surface area contributed by atoms with Crippen LogP contribution in [0.3, 0.4) is 0 Å². The van der Waals surface area contributed by atoms with Crippen LogP contribution >= 0.6 is 11.6 Å². The van der Waals surface area contributed by atoms with Gasteiger partial charge in [0.05, 0.1) is 4.92 Å². The quantitative estimate of drug-likeness (QED) is 0.459. The first kappa shape index (κ1) is 13.0. The molecular weight excluding hydrogens is 260 g/mol. The summed E-state index contributed by atoms with van der Waals surface area (Å²) < 4.78 is 5.32. The molecule has 18 heavy (non-hydrogen) atoms. The number of hydrogen-bond donors (Lipinski definition) is 0. The van der Waals surface area contributed by atoms with Crippen LogP contribution in [0.5, 0.6) is 5.88 Å². The Labute approximate surface area is 109 Å². The Balaban J connectivity index is 1.94. The van der Waals surface area contributed by atoms with Gasteiger partial charge in [-0.3, -0.25) is 15.0 Å². The number of halogens is 1. The lowest BCUT2D eigenvalue weighted by Gasteiger charge is -2.14. The summed E-state index contributed by atoms with van der Waals surface area (Å²) in [5.74, 6) is -0.0702. The third-order valence-corrected chi connectivity index (χ3v) is 2.93. The van der Waals surface area contributed by atoms with Crippen LogP contribution in [0.25, 0.3) is 0 Å². The van der Waals surface area contributed by atoms with Crippen LogP contribution in [-0.2, 0) is 0 Å². The molecule has 0 aliphatic carbocycles. The van der Waals surface area contributed by atoms with Crippen molar-refractivity contribution in [2.75, 3.05) is 26.2 Å². The smallest absolute Gasteiger partial charge is 0.349 e. The second kappa shape index (κ2) is 5.92. The highest BCUT2D eigenvalue weighted by molar-refractivity contribution is 6.28. The van der Waals surface area contributed by atoms with Crippen molar-refractivity contribution < 1.29 is 9.66 Å². The third-order valence-electron chi connectivity index (χ3n) is 2.75. The zero-order chi connectivity index (χ0) is 13.0. The maximum absolute atomic E-state index is 10.7. The van der Waals surface area contributed by atoms with Gasteiger partial charge in [-0.2, -0.15) is 4.98 Å². The molecule has 0 N–H and O–H groups in total. The molecule has 0 radical (unpaired) electrons. The average molecular weight is 273 g/mol. The van der Waals surface area contributed by atoms with Gasteiger partial charge in [-0.15, -0.1) is 0 Å². The van der Waals surface area contributed by atoms with Gasteiger partial charge in [0.1, 0.15) is 12.8 Å². The fourth-order valence-corrected chi connectivity index (χ4v) is 1.97. The fourth-order valence-electron chi connectivity index (χ4n) is 1.85. The van der Waals surface area contributed by atoms with Crippen LogP contribution in [0.2, 0.25) is 5.28 Å². The predicted molar refractivity (Wildman–Crippen MR) is 64.9 cm³/mol. The van der Waals surface area contributed by atoms with Gasteiger partial charge in [-0.05, 0) is 37.5 Å². The molecular formula is C10H13ClN4O3. The molecule has 2 heterocycles. The van der Waals surface area contributed by atoms with Gasteiger partial charge in [0.25, 0.3) is 5.88 Å². The second-order valence-corrected chi connectivity index (χ2v) is 4.32. The molecule has 0 atom stereocenters. The molecule has 0 saturated carbocycles. The summed E-state index contributed by atoms with van der Waals surface area (Å²) in [5, 5.41) is 10.7. The van der Waals surface area contributed by atoms with E-state index < -0.39 is 4.92 Å². The second-order valence-electron chi connectivity index (χ2n) is 3.98. The van der Waals surface area contributed by atoms with Gasteiger partial charge < -0.3 is 4.74 Å². The molecule has 1 aromatic heterocycles. The topological polar surface area (TPSA) is 81.4 Å². The molecule has 1 fully saturated rings. The molecule has 0 aromatic carbocycles. The lowest BCUT2D eigenvalue weighted by atomic mass is 10.4. The van der Waals surface area contributed by atoms with Crippen LogP contribution in [-0.4, -0.2) is 46.0 Å². The minimum atomic E-state index is -0.582. The number of likely N-dealkylation sites (tertiary alicyclic amines) is 1. The van der Waals surface area contributed by atoms with Crippen molar-refractivity contribution in [2.24, 2.45) is 0 Å². The molecule has 98 valence electrons. The van der Waals surface area contributed by atoms with Gasteiger partial charge in [0.15, 0.2) is 0 Å². The highest BCUT2D eigenvalue weighted by atomic mass is 35.5. The molecule has 1 aliphatic rings. The highest BCUT2D eigenvalue weighted by Crippen LogP contribution is 2.24. The van der Waals surface area contributed by atoms with Gasteiger partial charge in [-0.1, -0.05) is 0 Å². The molecule has 2 rings (SSSR count). The van der Waals surface area contributed by atoms with E-state index in [4.69, 9.17) is 16.3 Å². The SMILES string of the molecule is O=[N+]([O-])c1cnc(Cl)nc1OCCN1CCCC1. The monoisotopic (exact) mass is 272 g/mol. The summed E-state index contributed by atoms with van der Waals surface area (Å²) >= 11 is 5.59. The standard InChI is InChI=1S/C10H13ClN4O3/c11-10-12-7-8(15(16)17)9(13-10)18-6-5-14-3-1-2-4-14/h7H,1-6H2. The van der Waals surface area contributed by atoms with Gasteiger partial charge in [0, 0.05) is 6.54 Å². The van der Waals surface area contributed by atoms with E-state index in [1.54, 1.807) is 0 Å². The van der Waals surface area contributed by atoms with Crippen molar-refractivity contribution in [3.05, 3.63) is 21.6 Å². The van der Waals surface area contributed by atoms with E-state index in [9.17, 15) is 10.1 Å². The highest BCUT2D eigenvalue weighted by Gasteiger charge is 2.19. The first-order valence-corrected chi connectivity index (χ1v) is 6.06. The predicted octanol–water partition coefficient (Wildman–Crippen LogP) is 1.51. The van der Waals surface area contributed by atoms with E-state index in [0.717, 1.165) is 25.8 Å². The maximum atomic E-state index is 10.7. The van der Waals surface area contributed by atoms with Crippen molar-refractivity contribution >= 4 is 17.3 Å². The van der Waals surface area contributed by atoms with E-state index in [0.29, 0.717) is 6.61 Å². The Morgan fingerprint density at radius 2 is 2.22 bits per heavy atom. The maximum Gasteiger partial charge on any atom is 0.349 e. The largest absolute Gasteiger partial charge is 0.471 e. The van der Waals surface area contributed by atoms with E-state index >= 15 is 0 Å². The molecule has 0 unspecified atom stereocenters. The molecule has 8 heteroatoms. The summed E-state index contributed by atoms with van der Waals surface area (Å²) in [7, 11) is 0. The van der Waals surface area contributed by atoms with Crippen LogP contribution in [0, 0.1) is 10.1 Å². The van der Waals surface area contributed by atoms with Gasteiger partial charge >= 0.3 is 5.69 Å². The molecule has 0 spiro atoms. The molecule has 7 nitrogen and oxygen atoms in total. The Morgan fingerprint density at radius 3 is 2.89 bits per heavy atom. The van der Waals surface area contributed by atoms with Crippen molar-refractivity contribution in [2.45, 2.75) is 12.8 Å². The molecule has 1 aliphatic heterocycles. The van der Waals surface area contributed by atoms with Gasteiger partial charge in [-0.25, -0.2) is 4.98 Å². The zero-order valence-corrected chi connectivity index (χ0v) is 10.5. The van der Waals surface area contributed by atoms with Crippen molar-refractivity contribution in [1.29, 1.82) is 0 Å². The number of rotatable bonds is 5. The minimum Gasteiger partial charge on any atom is -0.471 e. The van der Waals surface area contributed by atoms with Crippen LogP contribution in [0.1, 0.15) is 12.8 Å². The summed E-state index contributed by atoms with van der Waals surface area (Å²) in [6, 6.07) is 0. The lowest BCUT2D eigenvalue weighted by molar-refractivity contribution is -0.386. The number of hydrogen-bond acceptors (Lipinski definition) is 6. The van der Waals surface area contributed by atoms with Crippen molar-refractivity contribution in [3.8, 4) is 5.88 Å². The minimum absolute atomic E-state index is 0.0585. The third kappa shape index (κ3) is 3.27. The van der Waals surface area contributed by atoms with Crippen molar-refractivity contribution in [3.63, 3.8) is 0 Å². The molecule has 0 amide bonds. The number of nitro groups is 1. The van der Waals surface area contributed by atoms with E-state index in [1.165, 1.54) is 12.8 Å². The first-order valence-electron chi connectivity index (χ1n) is 5.69. The Morgan fingerprint density at radius 1 is 1.50 bits per heavy atom. The lowest BCUT2D eigenvalue weighted by Crippen LogP contribution is -2.25. The molecule has 1 saturated heterocycles. The van der Waals surface area contributed by atoms with Crippen LogP contribution < -0.4 is 4.74 Å². The fraction of sp³-hybridized carbons (Fsp3) is 0.600. The van der Waals surface area contributed by atoms with E-state index in [2.05, 4.69) is 14.9 Å². The normalized spacial score (nSPS) is 15.8. The zero-order valence-electron chi connectivity index (χ0n) is 9.71. The summed E-state index contributed by atoms with van der Waals surface area (Å²) in [5.41, 5.74) is -0.263.